The monoisotopic (exact) mass is 295 g/mol. The van der Waals surface area contributed by atoms with Crippen molar-refractivity contribution in [2.45, 2.75) is 51.2 Å². The molecule has 0 bridgehead atoms. The third kappa shape index (κ3) is 4.25. The second-order valence-corrected chi connectivity index (χ2v) is 5.91. The summed E-state index contributed by atoms with van der Waals surface area (Å²) in [6.07, 6.45) is 6.26. The quantitative estimate of drug-likeness (QED) is 0.700. The minimum Gasteiger partial charge on any atom is -0.388 e. The van der Waals surface area contributed by atoms with Gasteiger partial charge in [-0.15, -0.1) is 5.10 Å². The lowest BCUT2D eigenvalue weighted by Crippen LogP contribution is -2.45. The second kappa shape index (κ2) is 7.00. The van der Waals surface area contributed by atoms with Crippen LogP contribution in [0.5, 0.6) is 0 Å². The van der Waals surface area contributed by atoms with Crippen LogP contribution in [0.1, 0.15) is 49.5 Å². The van der Waals surface area contributed by atoms with Gasteiger partial charge in [0.05, 0.1) is 18.3 Å². The van der Waals surface area contributed by atoms with Crippen molar-refractivity contribution in [1.82, 2.24) is 20.3 Å². The Morgan fingerprint density at radius 1 is 1.57 bits per heavy atom. The Hall–Kier alpha value is -1.47. The van der Waals surface area contributed by atoms with E-state index >= 15 is 0 Å². The number of nitrogens with two attached hydrogens (primary N) is 1. The largest absolute Gasteiger partial charge is 0.388 e. The average molecular weight is 295 g/mol. The predicted molar refractivity (Wildman–Crippen MR) is 78.6 cm³/mol. The van der Waals surface area contributed by atoms with Crippen LogP contribution in [0.2, 0.25) is 0 Å². The average Bonchev–Trinajstić information content (AvgIpc) is 2.95. The highest BCUT2D eigenvalue weighted by Crippen LogP contribution is 2.33. The summed E-state index contributed by atoms with van der Waals surface area (Å²) in [6, 6.07) is 0. The predicted octanol–water partition coefficient (Wildman–Crippen LogP) is 0.298. The standard InChI is InChI=1S/C14H25N5O2/c1-2-11-3-5-14(21,6-4-11)10-16-13(20)12-9-19(8-7-15)18-17-12/h9,11,21H,2-8,10,15H2,1H3,(H,16,20). The zero-order valence-corrected chi connectivity index (χ0v) is 12.6. The zero-order chi connectivity index (χ0) is 15.3. The van der Waals surface area contributed by atoms with E-state index in [0.29, 0.717) is 19.0 Å². The van der Waals surface area contributed by atoms with Gasteiger partial charge in [0.15, 0.2) is 5.69 Å². The van der Waals surface area contributed by atoms with Crippen LogP contribution in [0.4, 0.5) is 0 Å². The lowest BCUT2D eigenvalue weighted by Gasteiger charge is -2.35. The van der Waals surface area contributed by atoms with Gasteiger partial charge < -0.3 is 16.2 Å². The van der Waals surface area contributed by atoms with Gasteiger partial charge in [0.2, 0.25) is 0 Å². The number of carbonyl (C=O) groups excluding carboxylic acids is 1. The molecule has 118 valence electrons. The maximum Gasteiger partial charge on any atom is 0.273 e. The van der Waals surface area contributed by atoms with Gasteiger partial charge in [0.25, 0.3) is 5.91 Å². The molecule has 0 aliphatic heterocycles. The summed E-state index contributed by atoms with van der Waals surface area (Å²) in [4.78, 5) is 12.0. The Morgan fingerprint density at radius 2 is 2.29 bits per heavy atom. The molecular formula is C14H25N5O2. The highest BCUT2D eigenvalue weighted by atomic mass is 16.3. The molecule has 7 nitrogen and oxygen atoms in total. The minimum atomic E-state index is -0.783. The third-order valence-corrected chi connectivity index (χ3v) is 4.32. The van der Waals surface area contributed by atoms with E-state index in [2.05, 4.69) is 22.6 Å². The number of hydrogen-bond donors (Lipinski definition) is 3. The van der Waals surface area contributed by atoms with Gasteiger partial charge in [-0.05, 0) is 31.6 Å². The van der Waals surface area contributed by atoms with Gasteiger partial charge in [-0.2, -0.15) is 0 Å². The number of nitrogens with zero attached hydrogens (tertiary/aromatic N) is 3. The molecule has 0 spiro atoms. The highest BCUT2D eigenvalue weighted by Gasteiger charge is 2.33. The molecule has 1 aliphatic carbocycles. The first kappa shape index (κ1) is 15.9. The van der Waals surface area contributed by atoms with E-state index < -0.39 is 5.60 Å². The van der Waals surface area contributed by atoms with E-state index in [9.17, 15) is 9.90 Å². The molecule has 2 rings (SSSR count). The molecule has 1 aromatic rings. The number of carbonyl (C=O) groups is 1. The molecule has 0 aromatic carbocycles. The van der Waals surface area contributed by atoms with Crippen molar-refractivity contribution >= 4 is 5.91 Å². The number of amides is 1. The van der Waals surface area contributed by atoms with Crippen LogP contribution in [0, 0.1) is 5.92 Å². The van der Waals surface area contributed by atoms with Crippen LogP contribution >= 0.6 is 0 Å². The van der Waals surface area contributed by atoms with Gasteiger partial charge in [0, 0.05) is 13.1 Å². The number of hydrogen-bond acceptors (Lipinski definition) is 5. The summed E-state index contributed by atoms with van der Waals surface area (Å²) in [7, 11) is 0. The molecule has 0 radical (unpaired) electrons. The van der Waals surface area contributed by atoms with Gasteiger partial charge in [0.1, 0.15) is 0 Å². The molecule has 4 N–H and O–H groups in total. The molecule has 1 heterocycles. The topological polar surface area (TPSA) is 106 Å². The van der Waals surface area contributed by atoms with E-state index in [0.717, 1.165) is 32.1 Å². The molecule has 7 heteroatoms. The van der Waals surface area contributed by atoms with Crippen molar-refractivity contribution in [1.29, 1.82) is 0 Å². The minimum absolute atomic E-state index is 0.259. The summed E-state index contributed by atoms with van der Waals surface area (Å²) in [5.74, 6) is 0.404. The van der Waals surface area contributed by atoms with E-state index in [4.69, 9.17) is 5.73 Å². The van der Waals surface area contributed by atoms with Crippen molar-refractivity contribution in [2.24, 2.45) is 11.7 Å². The van der Waals surface area contributed by atoms with Crippen molar-refractivity contribution in [3.8, 4) is 0 Å². The van der Waals surface area contributed by atoms with Gasteiger partial charge in [-0.3, -0.25) is 9.48 Å². The fourth-order valence-electron chi connectivity index (χ4n) is 2.78. The van der Waals surface area contributed by atoms with Gasteiger partial charge >= 0.3 is 0 Å². The molecular weight excluding hydrogens is 270 g/mol. The summed E-state index contributed by atoms with van der Waals surface area (Å²) in [6.45, 7) is 3.43. The van der Waals surface area contributed by atoms with Crippen LogP contribution < -0.4 is 11.1 Å². The molecule has 1 aromatic heterocycles. The lowest BCUT2D eigenvalue weighted by molar-refractivity contribution is -0.00790. The van der Waals surface area contributed by atoms with Crippen LogP contribution in [-0.2, 0) is 6.54 Å². The van der Waals surface area contributed by atoms with E-state index in [1.165, 1.54) is 4.68 Å². The first-order chi connectivity index (χ1) is 10.1. The summed E-state index contributed by atoms with van der Waals surface area (Å²) >= 11 is 0. The maximum absolute atomic E-state index is 12.0. The first-order valence-electron chi connectivity index (χ1n) is 7.67. The Balaban J connectivity index is 1.83. The highest BCUT2D eigenvalue weighted by molar-refractivity contribution is 5.91. The van der Waals surface area contributed by atoms with Gasteiger partial charge in [-0.25, -0.2) is 0 Å². The smallest absolute Gasteiger partial charge is 0.273 e. The maximum atomic E-state index is 12.0. The van der Waals surface area contributed by atoms with E-state index in [-0.39, 0.29) is 18.1 Å². The second-order valence-electron chi connectivity index (χ2n) is 5.91. The zero-order valence-electron chi connectivity index (χ0n) is 12.6. The fourth-order valence-corrected chi connectivity index (χ4v) is 2.78. The van der Waals surface area contributed by atoms with Crippen LogP contribution in [-0.4, -0.2) is 44.7 Å². The Bertz CT molecular complexity index is 466. The summed E-state index contributed by atoms with van der Waals surface area (Å²) in [5.41, 5.74) is 4.90. The molecule has 0 atom stereocenters. The Labute approximate surface area is 124 Å². The Morgan fingerprint density at radius 3 is 2.90 bits per heavy atom. The van der Waals surface area contributed by atoms with Gasteiger partial charge in [-0.1, -0.05) is 18.6 Å². The molecule has 21 heavy (non-hydrogen) atoms. The SMILES string of the molecule is CCC1CCC(O)(CNC(=O)c2cn(CCN)nn2)CC1. The van der Waals surface area contributed by atoms with E-state index in [1.807, 2.05) is 0 Å². The molecule has 0 unspecified atom stereocenters. The summed E-state index contributed by atoms with van der Waals surface area (Å²) in [5, 5.41) is 20.9. The van der Waals surface area contributed by atoms with Crippen LogP contribution in [0.15, 0.2) is 6.20 Å². The Kier molecular flexibility index (Phi) is 5.30. The summed E-state index contributed by atoms with van der Waals surface area (Å²) < 4.78 is 1.54. The van der Waals surface area contributed by atoms with Crippen molar-refractivity contribution in [2.75, 3.05) is 13.1 Å². The molecule has 0 saturated heterocycles. The number of aliphatic hydroxyl groups is 1. The molecule has 1 fully saturated rings. The van der Waals surface area contributed by atoms with Crippen molar-refractivity contribution < 1.29 is 9.90 Å². The fraction of sp³-hybridized carbons (Fsp3) is 0.786. The van der Waals surface area contributed by atoms with Crippen LogP contribution in [0.25, 0.3) is 0 Å². The normalized spacial score (nSPS) is 25.8. The lowest BCUT2D eigenvalue weighted by atomic mass is 9.78. The van der Waals surface area contributed by atoms with Crippen LogP contribution in [0.3, 0.4) is 0 Å². The third-order valence-electron chi connectivity index (χ3n) is 4.32. The van der Waals surface area contributed by atoms with Crippen molar-refractivity contribution in [3.05, 3.63) is 11.9 Å². The molecule has 1 amide bonds. The van der Waals surface area contributed by atoms with E-state index in [1.54, 1.807) is 6.20 Å². The number of nitrogens with one attached hydrogen (secondary N) is 1. The molecule has 1 aliphatic rings. The first-order valence-corrected chi connectivity index (χ1v) is 7.67. The molecule has 1 saturated carbocycles. The number of rotatable bonds is 6. The number of aromatic nitrogens is 3. The van der Waals surface area contributed by atoms with Crippen molar-refractivity contribution in [3.63, 3.8) is 0 Å².